The maximum atomic E-state index is 2.32. The molecule has 0 amide bonds. The third-order valence-corrected chi connectivity index (χ3v) is 2.76. The zero-order valence-corrected chi connectivity index (χ0v) is 9.25. The molecule has 1 heteroatoms. The molecule has 0 spiro atoms. The maximum absolute atomic E-state index is 2.32. The average Bonchev–Trinajstić information content (AvgIpc) is 2.80. The van der Waals surface area contributed by atoms with E-state index in [1.807, 2.05) is 0 Å². The lowest BCUT2D eigenvalue weighted by Gasteiger charge is -2.18. The zero-order chi connectivity index (χ0) is 9.84. The summed E-state index contributed by atoms with van der Waals surface area (Å²) in [4.78, 5) is 2.26. The molecule has 1 aliphatic carbocycles. The van der Waals surface area contributed by atoms with Crippen LogP contribution in [0, 0.1) is 11.8 Å². The minimum Gasteiger partial charge on any atom is -0.355 e. The Kier molecular flexibility index (Phi) is 3.58. The van der Waals surface area contributed by atoms with Crippen molar-refractivity contribution < 1.29 is 0 Å². The van der Waals surface area contributed by atoms with Crippen molar-refractivity contribution in [1.29, 1.82) is 0 Å². The van der Waals surface area contributed by atoms with E-state index in [0.29, 0.717) is 0 Å². The molecule has 0 aromatic carbocycles. The molecular weight excluding hydrogens is 158 g/mol. The predicted octanol–water partition coefficient (Wildman–Crippen LogP) is 3.40. The van der Waals surface area contributed by atoms with E-state index in [9.17, 15) is 0 Å². The molecular formula is C12H21N. The minimum absolute atomic E-state index is 0.816. The van der Waals surface area contributed by atoms with E-state index < -0.39 is 0 Å². The molecule has 0 heterocycles. The van der Waals surface area contributed by atoms with E-state index in [4.69, 9.17) is 0 Å². The van der Waals surface area contributed by atoms with Gasteiger partial charge in [-0.3, -0.25) is 0 Å². The Morgan fingerprint density at radius 3 is 2.54 bits per heavy atom. The van der Waals surface area contributed by atoms with Crippen LogP contribution in [-0.2, 0) is 0 Å². The normalized spacial score (nSPS) is 28.2. The number of rotatable bonds is 4. The molecule has 13 heavy (non-hydrogen) atoms. The van der Waals surface area contributed by atoms with E-state index in [1.54, 1.807) is 0 Å². The molecule has 74 valence electrons. The van der Waals surface area contributed by atoms with Gasteiger partial charge < -0.3 is 4.90 Å². The van der Waals surface area contributed by atoms with Gasteiger partial charge in [-0.05, 0) is 31.9 Å². The van der Waals surface area contributed by atoms with Crippen LogP contribution in [0.4, 0.5) is 0 Å². The second kappa shape index (κ2) is 4.50. The Bertz CT molecular complexity index is 215. The van der Waals surface area contributed by atoms with Crippen LogP contribution in [0.2, 0.25) is 0 Å². The standard InChI is InChI=1S/C12H21N/c1-5-7-8-13(4)12(6-2)11-9-10(11)3/h6-8,10-11H,5,9H2,1-4H3/b8-7+,12-6+. The van der Waals surface area contributed by atoms with Crippen molar-refractivity contribution in [2.24, 2.45) is 11.8 Å². The molecule has 0 aliphatic heterocycles. The number of hydrogen-bond donors (Lipinski definition) is 0. The molecule has 0 radical (unpaired) electrons. The van der Waals surface area contributed by atoms with Gasteiger partial charge in [0.05, 0.1) is 0 Å². The first-order chi connectivity index (χ1) is 6.20. The van der Waals surface area contributed by atoms with Gasteiger partial charge in [0, 0.05) is 18.7 Å². The Balaban J connectivity index is 2.52. The summed E-state index contributed by atoms with van der Waals surface area (Å²) in [5, 5.41) is 0. The Morgan fingerprint density at radius 1 is 1.54 bits per heavy atom. The lowest BCUT2D eigenvalue weighted by molar-refractivity contribution is 0.515. The fourth-order valence-electron chi connectivity index (χ4n) is 1.76. The number of allylic oxidation sites excluding steroid dienone is 3. The molecule has 1 nitrogen and oxygen atoms in total. The van der Waals surface area contributed by atoms with Gasteiger partial charge in [-0.15, -0.1) is 0 Å². The van der Waals surface area contributed by atoms with Gasteiger partial charge in [0.1, 0.15) is 0 Å². The van der Waals surface area contributed by atoms with Gasteiger partial charge in [0.15, 0.2) is 0 Å². The highest BCUT2D eigenvalue weighted by Crippen LogP contribution is 2.44. The second-order valence-corrected chi connectivity index (χ2v) is 3.94. The first-order valence-corrected chi connectivity index (χ1v) is 5.26. The molecule has 0 aromatic heterocycles. The summed E-state index contributed by atoms with van der Waals surface area (Å²) in [6.07, 6.45) is 9.11. The van der Waals surface area contributed by atoms with Gasteiger partial charge in [0.2, 0.25) is 0 Å². The molecule has 2 atom stereocenters. The van der Waals surface area contributed by atoms with Gasteiger partial charge in [-0.25, -0.2) is 0 Å². The molecule has 0 N–H and O–H groups in total. The van der Waals surface area contributed by atoms with Gasteiger partial charge in [-0.2, -0.15) is 0 Å². The Labute approximate surface area is 82.1 Å². The summed E-state index contributed by atoms with van der Waals surface area (Å²) < 4.78 is 0. The molecule has 1 saturated carbocycles. The van der Waals surface area contributed by atoms with Crippen LogP contribution in [0.5, 0.6) is 0 Å². The van der Waals surface area contributed by atoms with Gasteiger partial charge >= 0.3 is 0 Å². The van der Waals surface area contributed by atoms with E-state index in [0.717, 1.165) is 18.3 Å². The van der Waals surface area contributed by atoms with Crippen LogP contribution >= 0.6 is 0 Å². The van der Waals surface area contributed by atoms with Crippen molar-refractivity contribution in [3.05, 3.63) is 24.0 Å². The minimum atomic E-state index is 0.816. The van der Waals surface area contributed by atoms with E-state index in [2.05, 4.69) is 51.1 Å². The van der Waals surface area contributed by atoms with Gasteiger partial charge in [0.25, 0.3) is 0 Å². The van der Waals surface area contributed by atoms with Crippen molar-refractivity contribution in [3.63, 3.8) is 0 Å². The van der Waals surface area contributed by atoms with Crippen LogP contribution in [0.25, 0.3) is 0 Å². The van der Waals surface area contributed by atoms with Gasteiger partial charge in [-0.1, -0.05) is 26.0 Å². The van der Waals surface area contributed by atoms with Crippen LogP contribution < -0.4 is 0 Å². The highest BCUT2D eigenvalue weighted by atomic mass is 15.1. The molecule has 1 fully saturated rings. The summed E-state index contributed by atoms with van der Waals surface area (Å²) in [7, 11) is 2.15. The topological polar surface area (TPSA) is 3.24 Å². The summed E-state index contributed by atoms with van der Waals surface area (Å²) >= 11 is 0. The lowest BCUT2D eigenvalue weighted by atomic mass is 10.2. The van der Waals surface area contributed by atoms with Crippen molar-refractivity contribution in [2.75, 3.05) is 7.05 Å². The highest BCUT2D eigenvalue weighted by Gasteiger charge is 2.36. The molecule has 0 saturated heterocycles. The van der Waals surface area contributed by atoms with Crippen LogP contribution in [-0.4, -0.2) is 11.9 Å². The number of nitrogens with zero attached hydrogens (tertiary/aromatic N) is 1. The quantitative estimate of drug-likeness (QED) is 0.639. The molecule has 1 aliphatic rings. The van der Waals surface area contributed by atoms with Crippen molar-refractivity contribution in [1.82, 2.24) is 4.90 Å². The van der Waals surface area contributed by atoms with Crippen molar-refractivity contribution >= 4 is 0 Å². The van der Waals surface area contributed by atoms with Crippen LogP contribution in [0.15, 0.2) is 24.0 Å². The zero-order valence-electron chi connectivity index (χ0n) is 9.25. The Morgan fingerprint density at radius 2 is 2.15 bits per heavy atom. The van der Waals surface area contributed by atoms with E-state index in [1.165, 1.54) is 12.1 Å². The second-order valence-electron chi connectivity index (χ2n) is 3.94. The maximum Gasteiger partial charge on any atom is 0.0162 e. The fourth-order valence-corrected chi connectivity index (χ4v) is 1.76. The van der Waals surface area contributed by atoms with E-state index >= 15 is 0 Å². The molecule has 2 unspecified atom stereocenters. The van der Waals surface area contributed by atoms with Crippen LogP contribution in [0.1, 0.15) is 33.6 Å². The first kappa shape index (κ1) is 10.4. The highest BCUT2D eigenvalue weighted by molar-refractivity contribution is 5.15. The SMILES string of the molecule is C/C=C(\C1CC1C)N(C)/C=C/CC. The van der Waals surface area contributed by atoms with Crippen LogP contribution in [0.3, 0.4) is 0 Å². The van der Waals surface area contributed by atoms with Crippen molar-refractivity contribution in [3.8, 4) is 0 Å². The third kappa shape index (κ3) is 2.61. The summed E-state index contributed by atoms with van der Waals surface area (Å²) in [5.41, 5.74) is 1.48. The summed E-state index contributed by atoms with van der Waals surface area (Å²) in [6, 6.07) is 0. The lowest BCUT2D eigenvalue weighted by Crippen LogP contribution is -2.12. The predicted molar refractivity (Wildman–Crippen MR) is 58.2 cm³/mol. The first-order valence-electron chi connectivity index (χ1n) is 5.26. The third-order valence-electron chi connectivity index (χ3n) is 2.76. The number of hydrogen-bond acceptors (Lipinski definition) is 1. The van der Waals surface area contributed by atoms with E-state index in [-0.39, 0.29) is 0 Å². The molecule has 0 bridgehead atoms. The molecule has 0 aromatic rings. The van der Waals surface area contributed by atoms with Crippen molar-refractivity contribution in [2.45, 2.75) is 33.6 Å². The molecule has 1 rings (SSSR count). The summed E-state index contributed by atoms with van der Waals surface area (Å²) in [5.74, 6) is 1.71. The monoisotopic (exact) mass is 179 g/mol. The largest absolute Gasteiger partial charge is 0.355 e. The summed E-state index contributed by atoms with van der Waals surface area (Å²) in [6.45, 7) is 6.63. The fraction of sp³-hybridized carbons (Fsp3) is 0.667. The average molecular weight is 179 g/mol. The Hall–Kier alpha value is -0.720. The smallest absolute Gasteiger partial charge is 0.0162 e.